The van der Waals surface area contributed by atoms with Crippen molar-refractivity contribution in [3.63, 3.8) is 0 Å². The van der Waals surface area contributed by atoms with Gasteiger partial charge in [0, 0.05) is 19.5 Å². The molecule has 1 unspecified atom stereocenters. The quantitative estimate of drug-likeness (QED) is 0.643. The van der Waals surface area contributed by atoms with Crippen LogP contribution in [0.25, 0.3) is 0 Å². The molecule has 0 heterocycles. The van der Waals surface area contributed by atoms with Crippen molar-refractivity contribution in [3.8, 4) is 0 Å². The molecule has 4 nitrogen and oxygen atoms in total. The second kappa shape index (κ2) is 6.74. The number of nitrogens with two attached hydrogens (primary N) is 1. The van der Waals surface area contributed by atoms with E-state index < -0.39 is 12.0 Å². The third-order valence-electron chi connectivity index (χ3n) is 2.15. The lowest BCUT2D eigenvalue weighted by molar-refractivity contribution is -0.142. The summed E-state index contributed by atoms with van der Waals surface area (Å²) in [5.74, 6) is -0.378. The largest absolute Gasteiger partial charge is 0.480 e. The Morgan fingerprint density at radius 3 is 2.33 bits per heavy atom. The molecule has 0 fully saturated rings. The zero-order chi connectivity index (χ0) is 12.0. The van der Waals surface area contributed by atoms with Gasteiger partial charge in [0.2, 0.25) is 0 Å². The van der Waals surface area contributed by atoms with Gasteiger partial charge in [0.05, 0.1) is 4.99 Å². The molecular weight excluding hydrogens is 212 g/mol. The first-order valence-corrected chi connectivity index (χ1v) is 5.50. The minimum atomic E-state index is -0.807. The van der Waals surface area contributed by atoms with Crippen LogP contribution in [0.2, 0.25) is 0 Å². The van der Waals surface area contributed by atoms with Crippen LogP contribution in [0.1, 0.15) is 27.2 Å². The van der Waals surface area contributed by atoms with Crippen molar-refractivity contribution in [1.82, 2.24) is 4.90 Å². The van der Waals surface area contributed by atoms with Gasteiger partial charge in [-0.25, -0.2) is 0 Å². The van der Waals surface area contributed by atoms with Crippen LogP contribution in [0.5, 0.6) is 0 Å². The molecule has 0 bridgehead atoms. The summed E-state index contributed by atoms with van der Waals surface area (Å²) in [4.78, 5) is 13.2. The van der Waals surface area contributed by atoms with E-state index >= 15 is 0 Å². The molecule has 0 aromatic rings. The smallest absolute Gasteiger partial charge is 0.320 e. The van der Waals surface area contributed by atoms with E-state index in [0.717, 1.165) is 6.54 Å². The van der Waals surface area contributed by atoms with E-state index in [1.165, 1.54) is 0 Å². The molecule has 1 atom stereocenters. The van der Waals surface area contributed by atoms with E-state index in [1.54, 1.807) is 6.92 Å². The van der Waals surface area contributed by atoms with Crippen LogP contribution in [0.4, 0.5) is 0 Å². The third-order valence-corrected chi connectivity index (χ3v) is 2.35. The molecule has 15 heavy (non-hydrogen) atoms. The van der Waals surface area contributed by atoms with E-state index in [9.17, 15) is 4.79 Å². The van der Waals surface area contributed by atoms with Crippen molar-refractivity contribution < 1.29 is 9.90 Å². The average molecular weight is 232 g/mol. The number of rotatable bonds is 7. The van der Waals surface area contributed by atoms with Gasteiger partial charge in [0.25, 0.3) is 0 Å². The van der Waals surface area contributed by atoms with Crippen molar-refractivity contribution in [2.45, 2.75) is 33.2 Å². The molecule has 0 aromatic heterocycles. The van der Waals surface area contributed by atoms with E-state index in [0.29, 0.717) is 23.9 Å². The number of hydrogen-bond donors (Lipinski definition) is 2. The van der Waals surface area contributed by atoms with Crippen molar-refractivity contribution in [2.24, 2.45) is 11.7 Å². The van der Waals surface area contributed by atoms with Gasteiger partial charge >= 0.3 is 5.97 Å². The lowest BCUT2D eigenvalue weighted by atomic mass is 10.1. The number of aliphatic carboxylic acids is 1. The van der Waals surface area contributed by atoms with Crippen molar-refractivity contribution >= 4 is 23.2 Å². The summed E-state index contributed by atoms with van der Waals surface area (Å²) in [7, 11) is 0. The summed E-state index contributed by atoms with van der Waals surface area (Å²) in [6.07, 6.45) is 0.569. The molecule has 0 spiro atoms. The number of thiocarbonyl (C=S) groups is 1. The monoisotopic (exact) mass is 232 g/mol. The van der Waals surface area contributed by atoms with Crippen molar-refractivity contribution in [2.75, 3.05) is 13.1 Å². The van der Waals surface area contributed by atoms with Gasteiger partial charge in [-0.1, -0.05) is 26.1 Å². The zero-order valence-electron chi connectivity index (χ0n) is 9.56. The van der Waals surface area contributed by atoms with Crippen LogP contribution in [-0.2, 0) is 4.79 Å². The normalized spacial score (nSPS) is 13.1. The Hall–Kier alpha value is -0.680. The number of hydrogen-bond acceptors (Lipinski definition) is 3. The molecule has 0 amide bonds. The molecule has 5 heteroatoms. The standard InChI is InChI=1S/C10H20N2O2S/c1-7(2)6-12(5-4-9(11)15)8(3)10(13)14/h7-8H,4-6H2,1-3H3,(H2,11,15)(H,13,14). The van der Waals surface area contributed by atoms with Gasteiger partial charge in [0.1, 0.15) is 6.04 Å². The van der Waals surface area contributed by atoms with E-state index in [4.69, 9.17) is 23.1 Å². The summed E-state index contributed by atoms with van der Waals surface area (Å²) < 4.78 is 0. The van der Waals surface area contributed by atoms with Crippen LogP contribution in [0.15, 0.2) is 0 Å². The topological polar surface area (TPSA) is 66.6 Å². The highest BCUT2D eigenvalue weighted by atomic mass is 32.1. The van der Waals surface area contributed by atoms with Gasteiger partial charge in [-0.15, -0.1) is 0 Å². The SMILES string of the molecule is CC(C)CN(CCC(N)=S)C(C)C(=O)O. The number of carboxylic acid groups (broad SMARTS) is 1. The first-order chi connectivity index (χ1) is 6.84. The average Bonchev–Trinajstić information content (AvgIpc) is 2.10. The van der Waals surface area contributed by atoms with Crippen molar-refractivity contribution in [1.29, 1.82) is 0 Å². The number of nitrogens with zero attached hydrogens (tertiary/aromatic N) is 1. The van der Waals surface area contributed by atoms with E-state index in [1.807, 2.05) is 4.90 Å². The fourth-order valence-electron chi connectivity index (χ4n) is 1.32. The van der Waals surface area contributed by atoms with Crippen molar-refractivity contribution in [3.05, 3.63) is 0 Å². The highest BCUT2D eigenvalue weighted by Gasteiger charge is 2.20. The maximum absolute atomic E-state index is 10.9. The van der Waals surface area contributed by atoms with Gasteiger partial charge in [-0.05, 0) is 12.8 Å². The van der Waals surface area contributed by atoms with Crippen LogP contribution >= 0.6 is 12.2 Å². The predicted octanol–water partition coefficient (Wildman–Crippen LogP) is 1.09. The molecule has 0 radical (unpaired) electrons. The summed E-state index contributed by atoms with van der Waals surface area (Å²) in [6, 6.07) is -0.484. The Morgan fingerprint density at radius 2 is 2.00 bits per heavy atom. The Labute approximate surface area is 96.4 Å². The van der Waals surface area contributed by atoms with Crippen LogP contribution in [0.3, 0.4) is 0 Å². The van der Waals surface area contributed by atoms with Gasteiger partial charge < -0.3 is 10.8 Å². The molecule has 88 valence electrons. The molecular formula is C10H20N2O2S. The van der Waals surface area contributed by atoms with Crippen LogP contribution in [-0.4, -0.2) is 40.1 Å². The Kier molecular flexibility index (Phi) is 6.43. The van der Waals surface area contributed by atoms with Gasteiger partial charge in [-0.2, -0.15) is 0 Å². The maximum Gasteiger partial charge on any atom is 0.320 e. The van der Waals surface area contributed by atoms with Crippen LogP contribution in [0, 0.1) is 5.92 Å². The molecule has 0 aliphatic rings. The maximum atomic E-state index is 10.9. The van der Waals surface area contributed by atoms with Gasteiger partial charge in [0.15, 0.2) is 0 Å². The Bertz CT molecular complexity index is 231. The summed E-state index contributed by atoms with van der Waals surface area (Å²) in [5.41, 5.74) is 5.41. The molecule has 0 aliphatic carbocycles. The van der Waals surface area contributed by atoms with Gasteiger partial charge in [-0.3, -0.25) is 9.69 Å². The minimum Gasteiger partial charge on any atom is -0.480 e. The molecule has 0 saturated heterocycles. The molecule has 0 rings (SSSR count). The lowest BCUT2D eigenvalue weighted by Gasteiger charge is -2.27. The summed E-state index contributed by atoms with van der Waals surface area (Å²) in [6.45, 7) is 7.16. The second-order valence-electron chi connectivity index (χ2n) is 4.12. The predicted molar refractivity (Wildman–Crippen MR) is 64.9 cm³/mol. The molecule has 0 aromatic carbocycles. The fourth-order valence-corrected chi connectivity index (χ4v) is 1.41. The van der Waals surface area contributed by atoms with Crippen LogP contribution < -0.4 is 5.73 Å². The second-order valence-corrected chi connectivity index (χ2v) is 4.64. The summed E-state index contributed by atoms with van der Waals surface area (Å²) >= 11 is 4.78. The minimum absolute atomic E-state index is 0.429. The third kappa shape index (κ3) is 6.41. The zero-order valence-corrected chi connectivity index (χ0v) is 10.4. The highest BCUT2D eigenvalue weighted by Crippen LogP contribution is 2.06. The van der Waals surface area contributed by atoms with E-state index in [-0.39, 0.29) is 0 Å². The number of carboxylic acids is 1. The lowest BCUT2D eigenvalue weighted by Crippen LogP contribution is -2.42. The first kappa shape index (κ1) is 14.3. The highest BCUT2D eigenvalue weighted by molar-refractivity contribution is 7.80. The molecule has 3 N–H and O–H groups in total. The fraction of sp³-hybridized carbons (Fsp3) is 0.800. The Morgan fingerprint density at radius 1 is 1.47 bits per heavy atom. The number of carbonyl (C=O) groups is 1. The summed E-state index contributed by atoms with van der Waals surface area (Å²) in [5, 5.41) is 8.92. The molecule has 0 saturated carbocycles. The first-order valence-electron chi connectivity index (χ1n) is 5.09. The van der Waals surface area contributed by atoms with E-state index in [2.05, 4.69) is 13.8 Å². The molecule has 0 aliphatic heterocycles. The Balaban J connectivity index is 4.29.